The highest BCUT2D eigenvalue weighted by Crippen LogP contribution is 2.23. The summed E-state index contributed by atoms with van der Waals surface area (Å²) in [7, 11) is 2.07. The van der Waals surface area contributed by atoms with Gasteiger partial charge in [-0.2, -0.15) is 0 Å². The number of para-hydroxylation sites is 4. The van der Waals surface area contributed by atoms with Crippen molar-refractivity contribution in [2.45, 2.75) is 26.9 Å². The number of aromatic nitrogens is 2. The number of anilines is 2. The fraction of sp³-hybridized carbons (Fsp3) is 0.208. The van der Waals surface area contributed by atoms with Gasteiger partial charge < -0.3 is 15.2 Å². The van der Waals surface area contributed by atoms with E-state index in [-0.39, 0.29) is 0 Å². The molecule has 0 amide bonds. The molecule has 0 saturated carbocycles. The van der Waals surface area contributed by atoms with Gasteiger partial charge in [-0.1, -0.05) is 62.4 Å². The molecule has 0 aliphatic carbocycles. The molecule has 144 valence electrons. The summed E-state index contributed by atoms with van der Waals surface area (Å²) >= 11 is 0. The van der Waals surface area contributed by atoms with Crippen LogP contribution in [0.15, 0.2) is 79.1 Å². The summed E-state index contributed by atoms with van der Waals surface area (Å²) in [6.07, 6.45) is 1.91. The van der Waals surface area contributed by atoms with Crippen molar-refractivity contribution in [3.63, 3.8) is 0 Å². The van der Waals surface area contributed by atoms with E-state index in [4.69, 9.17) is 5.73 Å². The van der Waals surface area contributed by atoms with Crippen molar-refractivity contribution in [1.82, 2.24) is 9.55 Å². The maximum absolute atomic E-state index is 6.10. The second-order valence-electron chi connectivity index (χ2n) is 6.60. The predicted octanol–water partition coefficient (Wildman–Crippen LogP) is 5.33. The normalized spacial score (nSPS) is 10.4. The first kappa shape index (κ1) is 19.5. The maximum Gasteiger partial charge on any atom is 0.0961 e. The number of hydrogen-bond donors (Lipinski definition) is 1. The van der Waals surface area contributed by atoms with E-state index in [2.05, 4.69) is 64.0 Å². The summed E-state index contributed by atoms with van der Waals surface area (Å²) in [6.45, 7) is 5.62. The van der Waals surface area contributed by atoms with Gasteiger partial charge in [0.2, 0.25) is 0 Å². The van der Waals surface area contributed by atoms with Crippen LogP contribution >= 0.6 is 0 Å². The zero-order valence-electron chi connectivity index (χ0n) is 16.8. The lowest BCUT2D eigenvalue weighted by Crippen LogP contribution is -2.17. The highest BCUT2D eigenvalue weighted by Gasteiger charge is 2.07. The van der Waals surface area contributed by atoms with Crippen molar-refractivity contribution < 1.29 is 0 Å². The van der Waals surface area contributed by atoms with E-state index in [1.54, 1.807) is 0 Å². The summed E-state index contributed by atoms with van der Waals surface area (Å²) in [6, 6.07) is 24.9. The van der Waals surface area contributed by atoms with Gasteiger partial charge in [0.25, 0.3) is 0 Å². The summed E-state index contributed by atoms with van der Waals surface area (Å²) in [5, 5.41) is 0. The summed E-state index contributed by atoms with van der Waals surface area (Å²) in [4.78, 5) is 6.66. The lowest BCUT2D eigenvalue weighted by Gasteiger charge is -2.21. The Morgan fingerprint density at radius 3 is 2.43 bits per heavy atom. The lowest BCUT2D eigenvalue weighted by molar-refractivity contribution is 0.820. The average molecular weight is 373 g/mol. The Morgan fingerprint density at radius 1 is 0.893 bits per heavy atom. The van der Waals surface area contributed by atoms with Crippen LogP contribution in [0.1, 0.15) is 25.0 Å². The molecule has 4 heteroatoms. The zero-order chi connectivity index (χ0) is 19.9. The predicted molar refractivity (Wildman–Crippen MR) is 120 cm³/mol. The van der Waals surface area contributed by atoms with Crippen molar-refractivity contribution in [2.24, 2.45) is 0 Å². The number of nitrogens with zero attached hydrogens (tertiary/aromatic N) is 3. The minimum Gasteiger partial charge on any atom is -0.397 e. The second kappa shape index (κ2) is 9.09. The molecule has 0 spiro atoms. The Labute approximate surface area is 167 Å². The first-order valence-electron chi connectivity index (χ1n) is 9.74. The van der Waals surface area contributed by atoms with Crippen LogP contribution < -0.4 is 10.6 Å². The first-order chi connectivity index (χ1) is 13.7. The highest BCUT2D eigenvalue weighted by atomic mass is 15.1. The average Bonchev–Trinajstić information content (AvgIpc) is 3.13. The van der Waals surface area contributed by atoms with Gasteiger partial charge in [0.15, 0.2) is 0 Å². The molecule has 28 heavy (non-hydrogen) atoms. The van der Waals surface area contributed by atoms with E-state index >= 15 is 0 Å². The third kappa shape index (κ3) is 4.34. The molecular formula is C24H28N4. The molecule has 0 saturated heterocycles. The Hall–Kier alpha value is -3.27. The van der Waals surface area contributed by atoms with Crippen molar-refractivity contribution >= 4 is 22.4 Å². The Balaban J connectivity index is 0.00000109. The van der Waals surface area contributed by atoms with Crippen LogP contribution in [0, 0.1) is 0 Å². The van der Waals surface area contributed by atoms with Crippen molar-refractivity contribution in [3.8, 4) is 0 Å². The molecule has 3 aromatic carbocycles. The zero-order valence-corrected chi connectivity index (χ0v) is 16.8. The topological polar surface area (TPSA) is 47.1 Å². The fourth-order valence-electron chi connectivity index (χ4n) is 3.35. The fourth-order valence-corrected chi connectivity index (χ4v) is 3.35. The molecule has 0 aliphatic heterocycles. The largest absolute Gasteiger partial charge is 0.397 e. The van der Waals surface area contributed by atoms with E-state index < -0.39 is 0 Å². The van der Waals surface area contributed by atoms with Crippen molar-refractivity contribution in [3.05, 3.63) is 90.3 Å². The summed E-state index contributed by atoms with van der Waals surface area (Å²) in [5.74, 6) is 0. The van der Waals surface area contributed by atoms with Crippen LogP contribution in [0.5, 0.6) is 0 Å². The maximum atomic E-state index is 6.10. The molecule has 4 aromatic rings. The third-order valence-electron chi connectivity index (χ3n) is 4.64. The highest BCUT2D eigenvalue weighted by molar-refractivity contribution is 5.75. The van der Waals surface area contributed by atoms with Gasteiger partial charge in [0, 0.05) is 20.1 Å². The quantitative estimate of drug-likeness (QED) is 0.482. The SMILES string of the molecule is CC.CN(Cc1cccc(Cn2cnc3ccccc32)c1)c1ccccc1N. The number of rotatable bonds is 5. The van der Waals surface area contributed by atoms with Gasteiger partial charge in [0.1, 0.15) is 0 Å². The van der Waals surface area contributed by atoms with Crippen LogP contribution in [0.4, 0.5) is 11.4 Å². The van der Waals surface area contributed by atoms with E-state index in [1.807, 2.05) is 50.5 Å². The minimum atomic E-state index is 0.802. The second-order valence-corrected chi connectivity index (χ2v) is 6.60. The number of nitrogens with two attached hydrogens (primary N) is 1. The monoisotopic (exact) mass is 372 g/mol. The summed E-state index contributed by atoms with van der Waals surface area (Å²) in [5.41, 5.74) is 12.7. The van der Waals surface area contributed by atoms with Gasteiger partial charge in [0.05, 0.1) is 28.7 Å². The first-order valence-corrected chi connectivity index (χ1v) is 9.74. The van der Waals surface area contributed by atoms with Crippen molar-refractivity contribution in [1.29, 1.82) is 0 Å². The standard InChI is InChI=1S/C22H22N4.C2H6/c1-25(21-11-4-2-9-19(21)23)14-17-7-6-8-18(13-17)15-26-16-24-20-10-3-5-12-22(20)26;1-2/h2-13,16H,14-15,23H2,1H3;1-2H3. The molecule has 0 unspecified atom stereocenters. The summed E-state index contributed by atoms with van der Waals surface area (Å²) < 4.78 is 2.19. The number of fused-ring (bicyclic) bond motifs is 1. The third-order valence-corrected chi connectivity index (χ3v) is 4.64. The molecule has 0 aliphatic rings. The van der Waals surface area contributed by atoms with Crippen molar-refractivity contribution in [2.75, 3.05) is 17.7 Å². The number of hydrogen-bond acceptors (Lipinski definition) is 3. The van der Waals surface area contributed by atoms with Gasteiger partial charge in [-0.15, -0.1) is 0 Å². The minimum absolute atomic E-state index is 0.802. The Kier molecular flexibility index (Phi) is 6.33. The van der Waals surface area contributed by atoms with E-state index in [9.17, 15) is 0 Å². The van der Waals surface area contributed by atoms with Gasteiger partial charge >= 0.3 is 0 Å². The molecule has 0 radical (unpaired) electrons. The molecule has 2 N–H and O–H groups in total. The molecule has 0 fully saturated rings. The molecular weight excluding hydrogens is 344 g/mol. The molecule has 4 rings (SSSR count). The Morgan fingerprint density at radius 2 is 1.61 bits per heavy atom. The van der Waals surface area contributed by atoms with E-state index in [0.29, 0.717) is 0 Å². The molecule has 1 heterocycles. The smallest absolute Gasteiger partial charge is 0.0961 e. The van der Waals surface area contributed by atoms with Gasteiger partial charge in [-0.3, -0.25) is 0 Å². The van der Waals surface area contributed by atoms with Gasteiger partial charge in [-0.25, -0.2) is 4.98 Å². The van der Waals surface area contributed by atoms with E-state index in [1.165, 1.54) is 11.1 Å². The van der Waals surface area contributed by atoms with Crippen LogP contribution in [0.2, 0.25) is 0 Å². The van der Waals surface area contributed by atoms with Gasteiger partial charge in [-0.05, 0) is 35.4 Å². The number of nitrogen functional groups attached to an aromatic ring is 1. The lowest BCUT2D eigenvalue weighted by atomic mass is 10.1. The number of imidazole rings is 1. The molecule has 4 nitrogen and oxygen atoms in total. The van der Waals surface area contributed by atoms with Crippen LogP contribution in [0.25, 0.3) is 11.0 Å². The molecule has 0 bridgehead atoms. The molecule has 1 aromatic heterocycles. The molecule has 0 atom stereocenters. The van der Waals surface area contributed by atoms with E-state index in [0.717, 1.165) is 35.5 Å². The van der Waals surface area contributed by atoms with Crippen LogP contribution in [0.3, 0.4) is 0 Å². The van der Waals surface area contributed by atoms with Crippen LogP contribution in [-0.4, -0.2) is 16.6 Å². The van der Waals surface area contributed by atoms with Crippen LogP contribution in [-0.2, 0) is 13.1 Å². The number of benzene rings is 3. The Bertz CT molecular complexity index is 1040.